The first-order chi connectivity index (χ1) is 9.93. The zero-order valence-electron chi connectivity index (χ0n) is 11.8. The summed E-state index contributed by atoms with van der Waals surface area (Å²) in [6.45, 7) is 2.57. The van der Waals surface area contributed by atoms with Gasteiger partial charge in [0.25, 0.3) is 0 Å². The Balaban J connectivity index is 1.89. The largest absolute Gasteiger partial charge is 0.446 e. The van der Waals surface area contributed by atoms with Crippen LogP contribution in [0.2, 0.25) is 0 Å². The minimum absolute atomic E-state index is 0.0332. The number of methoxy groups -OCH3 is 1. The quantitative estimate of drug-likeness (QED) is 0.805. The molecular formula is C14H18F3NO2S. The average Bonchev–Trinajstić information content (AvgIpc) is 2.38. The molecule has 7 heteroatoms. The summed E-state index contributed by atoms with van der Waals surface area (Å²) in [6, 6.07) is 6.33. The van der Waals surface area contributed by atoms with Crippen LogP contribution >= 0.6 is 11.8 Å². The number of halogens is 3. The van der Waals surface area contributed by atoms with Crippen LogP contribution in [-0.2, 0) is 9.47 Å². The molecule has 0 bridgehead atoms. The van der Waals surface area contributed by atoms with Gasteiger partial charge in [-0.2, -0.15) is 13.2 Å². The van der Waals surface area contributed by atoms with E-state index in [-0.39, 0.29) is 34.9 Å². The molecule has 0 aromatic heterocycles. The first-order valence-corrected chi connectivity index (χ1v) is 7.51. The molecule has 1 aliphatic carbocycles. The Kier molecular flexibility index (Phi) is 5.40. The fourth-order valence-corrected chi connectivity index (χ4v) is 2.92. The average molecular weight is 321 g/mol. The summed E-state index contributed by atoms with van der Waals surface area (Å²) in [5, 5.41) is 3.26. The van der Waals surface area contributed by atoms with Gasteiger partial charge in [0.2, 0.25) is 0 Å². The molecule has 1 fully saturated rings. The Morgan fingerprint density at radius 2 is 1.95 bits per heavy atom. The first-order valence-electron chi connectivity index (χ1n) is 6.69. The van der Waals surface area contributed by atoms with Crippen LogP contribution in [0.25, 0.3) is 0 Å². The van der Waals surface area contributed by atoms with Gasteiger partial charge in [0.15, 0.2) is 0 Å². The standard InChI is InChI=1S/C14H18F3NO2S/c1-3-20-12-8-11(13(12)19-2)18-9-4-6-10(7-5-9)21-14(15,16)17/h4-7,11-13,18H,3,8H2,1-2H3. The summed E-state index contributed by atoms with van der Waals surface area (Å²) in [5.74, 6) is 0. The highest BCUT2D eigenvalue weighted by molar-refractivity contribution is 8.00. The molecule has 0 radical (unpaired) electrons. The van der Waals surface area contributed by atoms with E-state index in [4.69, 9.17) is 9.47 Å². The molecule has 0 aliphatic heterocycles. The second-order valence-electron chi connectivity index (χ2n) is 4.75. The van der Waals surface area contributed by atoms with Crippen LogP contribution in [0, 0.1) is 0 Å². The molecule has 1 aliphatic rings. The highest BCUT2D eigenvalue weighted by Crippen LogP contribution is 2.37. The molecule has 0 amide bonds. The van der Waals surface area contributed by atoms with Crippen molar-refractivity contribution in [2.45, 2.75) is 42.0 Å². The van der Waals surface area contributed by atoms with Crippen LogP contribution in [0.15, 0.2) is 29.2 Å². The third-order valence-electron chi connectivity index (χ3n) is 3.34. The highest BCUT2D eigenvalue weighted by Gasteiger charge is 2.42. The minimum atomic E-state index is -4.26. The zero-order chi connectivity index (χ0) is 15.5. The Bertz CT molecular complexity index is 453. The summed E-state index contributed by atoms with van der Waals surface area (Å²) in [6.07, 6.45) is 0.873. The minimum Gasteiger partial charge on any atom is -0.379 e. The molecule has 1 aromatic rings. The highest BCUT2D eigenvalue weighted by atomic mass is 32.2. The number of thioether (sulfide) groups is 1. The molecule has 1 N–H and O–H groups in total. The smallest absolute Gasteiger partial charge is 0.379 e. The van der Waals surface area contributed by atoms with Gasteiger partial charge in [-0.25, -0.2) is 0 Å². The van der Waals surface area contributed by atoms with Crippen molar-refractivity contribution in [2.24, 2.45) is 0 Å². The Morgan fingerprint density at radius 1 is 1.29 bits per heavy atom. The lowest BCUT2D eigenvalue weighted by molar-refractivity contribution is -0.118. The molecule has 0 saturated heterocycles. The summed E-state index contributed by atoms with van der Waals surface area (Å²) in [4.78, 5) is 0.178. The number of alkyl halides is 3. The van der Waals surface area contributed by atoms with E-state index in [1.807, 2.05) is 6.92 Å². The van der Waals surface area contributed by atoms with Crippen molar-refractivity contribution in [3.8, 4) is 0 Å². The van der Waals surface area contributed by atoms with Crippen LogP contribution in [0.3, 0.4) is 0 Å². The predicted octanol–water partition coefficient (Wildman–Crippen LogP) is 3.90. The number of anilines is 1. The molecule has 0 heterocycles. The van der Waals surface area contributed by atoms with Gasteiger partial charge in [0.05, 0.1) is 12.1 Å². The maximum absolute atomic E-state index is 12.2. The number of hydrogen-bond donors (Lipinski definition) is 1. The van der Waals surface area contributed by atoms with Gasteiger partial charge in [-0.1, -0.05) is 0 Å². The SMILES string of the molecule is CCOC1CC(Nc2ccc(SC(F)(F)F)cc2)C1OC. The van der Waals surface area contributed by atoms with Crippen molar-refractivity contribution >= 4 is 17.4 Å². The lowest BCUT2D eigenvalue weighted by Crippen LogP contribution is -2.56. The van der Waals surface area contributed by atoms with Crippen LogP contribution in [-0.4, -0.2) is 37.5 Å². The van der Waals surface area contributed by atoms with Gasteiger partial charge in [0.1, 0.15) is 6.10 Å². The number of benzene rings is 1. The van der Waals surface area contributed by atoms with Crippen LogP contribution in [0.4, 0.5) is 18.9 Å². The Morgan fingerprint density at radius 3 is 2.48 bits per heavy atom. The molecule has 2 rings (SSSR count). The van der Waals surface area contributed by atoms with Crippen molar-refractivity contribution < 1.29 is 22.6 Å². The Labute approximate surface area is 126 Å². The van der Waals surface area contributed by atoms with E-state index in [1.54, 1.807) is 19.2 Å². The van der Waals surface area contributed by atoms with E-state index in [2.05, 4.69) is 5.32 Å². The van der Waals surface area contributed by atoms with E-state index in [1.165, 1.54) is 12.1 Å². The van der Waals surface area contributed by atoms with Gasteiger partial charge in [-0.15, -0.1) is 0 Å². The topological polar surface area (TPSA) is 30.5 Å². The number of rotatable bonds is 6. The van der Waals surface area contributed by atoms with E-state index in [0.717, 1.165) is 12.1 Å². The monoisotopic (exact) mass is 321 g/mol. The van der Waals surface area contributed by atoms with Crippen LogP contribution in [0.1, 0.15) is 13.3 Å². The third kappa shape index (κ3) is 4.52. The van der Waals surface area contributed by atoms with Crippen molar-refractivity contribution in [3.63, 3.8) is 0 Å². The van der Waals surface area contributed by atoms with E-state index < -0.39 is 5.51 Å². The third-order valence-corrected chi connectivity index (χ3v) is 4.08. The van der Waals surface area contributed by atoms with Crippen molar-refractivity contribution in [1.82, 2.24) is 0 Å². The van der Waals surface area contributed by atoms with Crippen LogP contribution in [0.5, 0.6) is 0 Å². The number of nitrogens with one attached hydrogen (secondary N) is 1. The van der Waals surface area contributed by atoms with Gasteiger partial charge in [-0.3, -0.25) is 0 Å². The summed E-state index contributed by atoms with van der Waals surface area (Å²) in [7, 11) is 1.63. The van der Waals surface area contributed by atoms with Crippen molar-refractivity contribution in [2.75, 3.05) is 19.0 Å². The molecule has 3 nitrogen and oxygen atoms in total. The predicted molar refractivity (Wildman–Crippen MR) is 76.6 cm³/mol. The normalized spacial score (nSPS) is 25.5. The number of hydrogen-bond acceptors (Lipinski definition) is 4. The van der Waals surface area contributed by atoms with Gasteiger partial charge >= 0.3 is 5.51 Å². The van der Waals surface area contributed by atoms with Crippen LogP contribution < -0.4 is 5.32 Å². The Hall–Kier alpha value is -0.920. The second-order valence-corrected chi connectivity index (χ2v) is 5.89. The fourth-order valence-electron chi connectivity index (χ4n) is 2.38. The molecule has 118 valence electrons. The second kappa shape index (κ2) is 6.89. The molecule has 21 heavy (non-hydrogen) atoms. The van der Waals surface area contributed by atoms with E-state index in [9.17, 15) is 13.2 Å². The fraction of sp³-hybridized carbons (Fsp3) is 0.571. The molecule has 0 spiro atoms. The van der Waals surface area contributed by atoms with Gasteiger partial charge in [-0.05, 0) is 49.4 Å². The van der Waals surface area contributed by atoms with E-state index >= 15 is 0 Å². The molecule has 3 unspecified atom stereocenters. The first kappa shape index (κ1) is 16.5. The summed E-state index contributed by atoms with van der Waals surface area (Å²) >= 11 is -0.112. The van der Waals surface area contributed by atoms with Crippen molar-refractivity contribution in [1.29, 1.82) is 0 Å². The molecular weight excluding hydrogens is 303 g/mol. The molecule has 1 aromatic carbocycles. The van der Waals surface area contributed by atoms with Crippen molar-refractivity contribution in [3.05, 3.63) is 24.3 Å². The maximum atomic E-state index is 12.2. The van der Waals surface area contributed by atoms with E-state index in [0.29, 0.717) is 6.61 Å². The maximum Gasteiger partial charge on any atom is 0.446 e. The molecule has 1 saturated carbocycles. The van der Waals surface area contributed by atoms with Gasteiger partial charge < -0.3 is 14.8 Å². The lowest BCUT2D eigenvalue weighted by Gasteiger charge is -2.43. The van der Waals surface area contributed by atoms with Gasteiger partial charge in [0, 0.05) is 24.3 Å². The lowest BCUT2D eigenvalue weighted by atomic mass is 9.85. The number of ether oxygens (including phenoxy) is 2. The summed E-state index contributed by atoms with van der Waals surface area (Å²) < 4.78 is 47.7. The molecule has 3 atom stereocenters. The summed E-state index contributed by atoms with van der Waals surface area (Å²) in [5.41, 5.74) is -3.47. The zero-order valence-corrected chi connectivity index (χ0v) is 12.6.